The summed E-state index contributed by atoms with van der Waals surface area (Å²) >= 11 is 0. The van der Waals surface area contributed by atoms with Crippen molar-refractivity contribution in [1.29, 1.82) is 0 Å². The Morgan fingerprint density at radius 3 is 2.44 bits per heavy atom. The van der Waals surface area contributed by atoms with Gasteiger partial charge in [0, 0.05) is 0 Å². The number of methoxy groups -OCH3 is 2. The highest BCUT2D eigenvalue weighted by Crippen LogP contribution is 2.29. The van der Waals surface area contributed by atoms with E-state index in [0.717, 1.165) is 42.9 Å². The molecular weight excluding hydrogens is 202 g/mol. The number of hydrogen-bond donors (Lipinski definition) is 1. The largest absolute Gasteiger partial charge is 0.497 e. The quantitative estimate of drug-likeness (QED) is 0.753. The van der Waals surface area contributed by atoms with Gasteiger partial charge in [0.05, 0.1) is 14.2 Å². The zero-order valence-corrected chi connectivity index (χ0v) is 10.4. The smallest absolute Gasteiger partial charge is 0.125 e. The molecule has 0 aliphatic carbocycles. The zero-order chi connectivity index (χ0) is 12.0. The van der Waals surface area contributed by atoms with Crippen LogP contribution >= 0.6 is 0 Å². The Kier molecular flexibility index (Phi) is 5.12. The summed E-state index contributed by atoms with van der Waals surface area (Å²) in [6.45, 7) is 2.78. The molecule has 0 atom stereocenters. The Balaban J connectivity index is 2.89. The number of aryl methyl sites for hydroxylation is 2. The highest BCUT2D eigenvalue weighted by molar-refractivity contribution is 5.46. The molecule has 0 saturated carbocycles. The minimum Gasteiger partial charge on any atom is -0.497 e. The molecule has 0 bridgehead atoms. The van der Waals surface area contributed by atoms with E-state index in [-0.39, 0.29) is 0 Å². The van der Waals surface area contributed by atoms with Crippen LogP contribution in [-0.4, -0.2) is 20.8 Å². The predicted molar refractivity (Wildman–Crippen MR) is 66.3 cm³/mol. The van der Waals surface area contributed by atoms with Crippen molar-refractivity contribution in [3.05, 3.63) is 23.3 Å². The summed E-state index contributed by atoms with van der Waals surface area (Å²) in [7, 11) is 3.39. The molecule has 0 heterocycles. The average Bonchev–Trinajstić information content (AvgIpc) is 2.29. The molecule has 0 saturated heterocycles. The third-order valence-electron chi connectivity index (χ3n) is 2.67. The molecule has 1 aromatic rings. The van der Waals surface area contributed by atoms with E-state index in [1.807, 2.05) is 19.1 Å². The molecule has 0 amide bonds. The topological polar surface area (TPSA) is 44.5 Å². The molecule has 0 unspecified atom stereocenters. The molecule has 0 aromatic heterocycles. The zero-order valence-electron chi connectivity index (χ0n) is 10.4. The van der Waals surface area contributed by atoms with E-state index < -0.39 is 0 Å². The molecule has 0 spiro atoms. The summed E-state index contributed by atoms with van der Waals surface area (Å²) in [5, 5.41) is 0. The van der Waals surface area contributed by atoms with Crippen molar-refractivity contribution >= 4 is 0 Å². The van der Waals surface area contributed by atoms with Gasteiger partial charge in [-0.05, 0) is 56.0 Å². The molecule has 2 N–H and O–H groups in total. The van der Waals surface area contributed by atoms with E-state index in [2.05, 4.69) is 0 Å². The van der Waals surface area contributed by atoms with Crippen LogP contribution in [0.2, 0.25) is 0 Å². The first-order valence-corrected chi connectivity index (χ1v) is 5.64. The molecule has 0 radical (unpaired) electrons. The molecule has 0 aliphatic rings. The van der Waals surface area contributed by atoms with Crippen molar-refractivity contribution in [2.24, 2.45) is 5.73 Å². The lowest BCUT2D eigenvalue weighted by Gasteiger charge is -2.13. The van der Waals surface area contributed by atoms with Crippen molar-refractivity contribution < 1.29 is 9.47 Å². The Morgan fingerprint density at radius 1 is 1.12 bits per heavy atom. The lowest BCUT2D eigenvalue weighted by Crippen LogP contribution is -2.01. The number of nitrogens with two attached hydrogens (primary N) is 1. The maximum Gasteiger partial charge on any atom is 0.125 e. The maximum atomic E-state index is 5.49. The van der Waals surface area contributed by atoms with Crippen molar-refractivity contribution in [2.75, 3.05) is 20.8 Å². The molecule has 0 aliphatic heterocycles. The Morgan fingerprint density at radius 2 is 1.88 bits per heavy atom. The van der Waals surface area contributed by atoms with Crippen LogP contribution < -0.4 is 15.2 Å². The van der Waals surface area contributed by atoms with Gasteiger partial charge in [-0.3, -0.25) is 0 Å². The van der Waals surface area contributed by atoms with Gasteiger partial charge in [-0.15, -0.1) is 0 Å². The van der Waals surface area contributed by atoms with Crippen LogP contribution in [0, 0.1) is 6.92 Å². The first-order valence-electron chi connectivity index (χ1n) is 5.64. The Bertz CT molecular complexity index is 337. The Hall–Kier alpha value is -1.22. The van der Waals surface area contributed by atoms with Gasteiger partial charge in [0.15, 0.2) is 0 Å². The fourth-order valence-electron chi connectivity index (χ4n) is 1.87. The first kappa shape index (κ1) is 12.8. The SMILES string of the molecule is COc1cc(C)c(OC)c(CCCCN)c1. The molecule has 3 nitrogen and oxygen atoms in total. The lowest BCUT2D eigenvalue weighted by molar-refractivity contribution is 0.395. The summed E-state index contributed by atoms with van der Waals surface area (Å²) in [5.74, 6) is 1.86. The van der Waals surface area contributed by atoms with Gasteiger partial charge < -0.3 is 15.2 Å². The van der Waals surface area contributed by atoms with Crippen LogP contribution in [0.15, 0.2) is 12.1 Å². The van der Waals surface area contributed by atoms with Crippen LogP contribution in [0.4, 0.5) is 0 Å². The van der Waals surface area contributed by atoms with Crippen LogP contribution in [0.5, 0.6) is 11.5 Å². The minimum atomic E-state index is 0.741. The second kappa shape index (κ2) is 6.38. The summed E-state index contributed by atoms with van der Waals surface area (Å²) in [5.41, 5.74) is 7.81. The van der Waals surface area contributed by atoms with Crippen molar-refractivity contribution in [2.45, 2.75) is 26.2 Å². The molecule has 1 aromatic carbocycles. The second-order valence-electron chi connectivity index (χ2n) is 3.88. The normalized spacial score (nSPS) is 10.2. The van der Waals surface area contributed by atoms with Gasteiger partial charge in [0.25, 0.3) is 0 Å². The van der Waals surface area contributed by atoms with Crippen LogP contribution in [0.1, 0.15) is 24.0 Å². The number of ether oxygens (including phenoxy) is 2. The van der Waals surface area contributed by atoms with Gasteiger partial charge in [0.2, 0.25) is 0 Å². The lowest BCUT2D eigenvalue weighted by atomic mass is 10.0. The van der Waals surface area contributed by atoms with E-state index in [9.17, 15) is 0 Å². The maximum absolute atomic E-state index is 5.49. The first-order chi connectivity index (χ1) is 7.72. The second-order valence-corrected chi connectivity index (χ2v) is 3.88. The summed E-state index contributed by atoms with van der Waals surface area (Å²) < 4.78 is 10.7. The van der Waals surface area contributed by atoms with Gasteiger partial charge in [-0.1, -0.05) is 0 Å². The standard InChI is InChI=1S/C13H21NO2/c1-10-8-12(15-2)9-11(13(10)16-3)6-4-5-7-14/h8-9H,4-7,14H2,1-3H3. The molecule has 3 heteroatoms. The van der Waals surface area contributed by atoms with E-state index in [1.165, 1.54) is 5.56 Å². The van der Waals surface area contributed by atoms with Crippen LogP contribution in [-0.2, 0) is 6.42 Å². The van der Waals surface area contributed by atoms with Gasteiger partial charge in [-0.2, -0.15) is 0 Å². The van der Waals surface area contributed by atoms with Gasteiger partial charge in [0.1, 0.15) is 11.5 Å². The number of unbranched alkanes of at least 4 members (excludes halogenated alkanes) is 1. The van der Waals surface area contributed by atoms with Crippen molar-refractivity contribution in [3.8, 4) is 11.5 Å². The Labute approximate surface area is 97.6 Å². The van der Waals surface area contributed by atoms with Crippen LogP contribution in [0.3, 0.4) is 0 Å². The molecule has 16 heavy (non-hydrogen) atoms. The molecule has 0 fully saturated rings. The van der Waals surface area contributed by atoms with E-state index in [0.29, 0.717) is 0 Å². The van der Waals surface area contributed by atoms with Gasteiger partial charge in [-0.25, -0.2) is 0 Å². The van der Waals surface area contributed by atoms with E-state index in [1.54, 1.807) is 14.2 Å². The van der Waals surface area contributed by atoms with E-state index >= 15 is 0 Å². The number of benzene rings is 1. The van der Waals surface area contributed by atoms with Crippen molar-refractivity contribution in [3.63, 3.8) is 0 Å². The molecule has 1 rings (SSSR count). The number of rotatable bonds is 6. The highest BCUT2D eigenvalue weighted by atomic mass is 16.5. The minimum absolute atomic E-state index is 0.741. The fraction of sp³-hybridized carbons (Fsp3) is 0.538. The average molecular weight is 223 g/mol. The third-order valence-corrected chi connectivity index (χ3v) is 2.67. The van der Waals surface area contributed by atoms with Gasteiger partial charge >= 0.3 is 0 Å². The molecular formula is C13H21NO2. The summed E-state index contributed by atoms with van der Waals surface area (Å²) in [4.78, 5) is 0. The van der Waals surface area contributed by atoms with E-state index in [4.69, 9.17) is 15.2 Å². The van der Waals surface area contributed by atoms with Crippen molar-refractivity contribution in [1.82, 2.24) is 0 Å². The monoisotopic (exact) mass is 223 g/mol. The molecule has 90 valence electrons. The van der Waals surface area contributed by atoms with Crippen LogP contribution in [0.25, 0.3) is 0 Å². The third kappa shape index (κ3) is 3.14. The fourth-order valence-corrected chi connectivity index (χ4v) is 1.87. The summed E-state index contributed by atoms with van der Waals surface area (Å²) in [6, 6.07) is 4.04. The number of hydrogen-bond acceptors (Lipinski definition) is 3. The highest BCUT2D eigenvalue weighted by Gasteiger charge is 2.08. The summed E-state index contributed by atoms with van der Waals surface area (Å²) in [6.07, 6.45) is 3.11. The predicted octanol–water partition coefficient (Wildman–Crippen LogP) is 2.29.